The number of rotatable bonds is 12. The van der Waals surface area contributed by atoms with E-state index in [9.17, 15) is 0 Å². The minimum atomic E-state index is -1.26. The maximum absolute atomic E-state index is 4.88. The topological polar surface area (TPSA) is 50.0 Å². The van der Waals surface area contributed by atoms with Crippen LogP contribution < -0.4 is 4.98 Å². The molecule has 0 aromatic rings. The second-order valence-corrected chi connectivity index (χ2v) is 30.0. The molecule has 1 N–H and O–H groups in total. The monoisotopic (exact) mass is 621 g/mol. The maximum atomic E-state index is 4.88. The van der Waals surface area contributed by atoms with E-state index in [1.54, 1.807) is 0 Å². The van der Waals surface area contributed by atoms with E-state index < -0.39 is 24.7 Å². The molecule has 0 aliphatic carbocycles. The summed E-state index contributed by atoms with van der Waals surface area (Å²) in [6.07, 6.45) is 0. The van der Waals surface area contributed by atoms with Crippen LogP contribution in [-0.2, 0) is 16.8 Å². The third-order valence-corrected chi connectivity index (χ3v) is 8.09. The fourth-order valence-corrected chi connectivity index (χ4v) is 11.2. The molecule has 1 radical (unpaired) electrons. The van der Waals surface area contributed by atoms with Gasteiger partial charge in [0.25, 0.3) is 0 Å². The minimum Gasteiger partial charge on any atom is -0.659 e. The van der Waals surface area contributed by atoms with E-state index in [2.05, 4.69) is 162 Å². The molecule has 0 saturated carbocycles. The molecule has 0 aromatic carbocycles. The molecule has 0 spiro atoms. The van der Waals surface area contributed by atoms with Gasteiger partial charge < -0.3 is 29.6 Å². The first kappa shape index (κ1) is 44.9. The van der Waals surface area contributed by atoms with Crippen molar-refractivity contribution in [2.75, 3.05) is 61.9 Å². The summed E-state index contributed by atoms with van der Waals surface area (Å²) in [6, 6.07) is 0. The molecule has 0 bridgehead atoms. The number of hydrogen-bond donors (Lipinski definition) is 1. The molecule has 0 saturated heterocycles. The summed E-state index contributed by atoms with van der Waals surface area (Å²) in [5.41, 5.74) is 0.482. The average molecular weight is 622 g/mol. The van der Waals surface area contributed by atoms with Crippen molar-refractivity contribution >= 4 is 24.7 Å². The zero-order chi connectivity index (χ0) is 30.0. The molecule has 6 nitrogen and oxygen atoms in total. The first-order valence-corrected chi connectivity index (χ1v) is 24.0. The van der Waals surface area contributed by atoms with Gasteiger partial charge >= 0.3 is 0 Å². The van der Waals surface area contributed by atoms with Crippen LogP contribution in [0.15, 0.2) is 0 Å². The van der Waals surface area contributed by atoms with Gasteiger partial charge in [-0.3, -0.25) is 0 Å². The first-order chi connectivity index (χ1) is 15.4. The third kappa shape index (κ3) is 39.1. The maximum Gasteiger partial charge on any atom is 0.116 e. The van der Waals surface area contributed by atoms with Gasteiger partial charge in [-0.15, -0.1) is 11.1 Å². The number of likely N-dealkylation sites (N-methyl/N-ethyl adjacent to an activating group) is 3. The van der Waals surface area contributed by atoms with Crippen LogP contribution in [0, 0.1) is 0 Å². The summed E-state index contributed by atoms with van der Waals surface area (Å²) >= 11 is 0. The van der Waals surface area contributed by atoms with Crippen LogP contribution in [0.3, 0.4) is 0 Å². The van der Waals surface area contributed by atoms with E-state index in [0.717, 1.165) is 19.6 Å². The van der Waals surface area contributed by atoms with Crippen LogP contribution in [0.1, 0.15) is 41.5 Å². The predicted molar refractivity (Wildman–Crippen MR) is 178 cm³/mol. The van der Waals surface area contributed by atoms with Gasteiger partial charge in [0.15, 0.2) is 0 Å². The molecule has 231 valence electrons. The Labute approximate surface area is 249 Å². The molecule has 0 fully saturated rings. The van der Waals surface area contributed by atoms with Crippen molar-refractivity contribution in [3.8, 4) is 0 Å². The van der Waals surface area contributed by atoms with Gasteiger partial charge in [-0.25, -0.2) is 0 Å². The van der Waals surface area contributed by atoms with Crippen LogP contribution >= 0.6 is 0 Å². The van der Waals surface area contributed by atoms with Crippen LogP contribution in [-0.4, -0.2) is 118 Å². The molecular formula is C27H70CoN6Si3-2. The number of nitrogens with zero attached hydrogens (tertiary/aromatic N) is 5. The summed E-state index contributed by atoms with van der Waals surface area (Å²) in [7, 11) is 8.97. The summed E-state index contributed by atoms with van der Waals surface area (Å²) in [4.78, 5) is 20.1. The van der Waals surface area contributed by atoms with Crippen molar-refractivity contribution in [1.82, 2.24) is 19.7 Å². The fourth-order valence-electron chi connectivity index (χ4n) is 5.28. The molecular weight excluding hydrogens is 552 g/mol. The Hall–Kier alpha value is 0.917. The Balaban J connectivity index is -0.000000218. The van der Waals surface area contributed by atoms with Gasteiger partial charge in [0.05, 0.1) is 0 Å². The van der Waals surface area contributed by atoms with Gasteiger partial charge in [-0.05, 0) is 69.2 Å². The van der Waals surface area contributed by atoms with E-state index in [1.807, 2.05) is 0 Å². The van der Waals surface area contributed by atoms with E-state index in [-0.39, 0.29) is 33.4 Å². The minimum absolute atomic E-state index is 0. The second kappa shape index (κ2) is 17.7. The molecule has 0 amide bonds. The predicted octanol–water partition coefficient (Wildman–Crippen LogP) is 6.82. The van der Waals surface area contributed by atoms with Crippen molar-refractivity contribution in [3.05, 3.63) is 9.96 Å². The zero-order valence-electron chi connectivity index (χ0n) is 29.2. The van der Waals surface area contributed by atoms with Gasteiger partial charge in [-0.2, -0.15) is 0 Å². The molecule has 0 unspecified atom stereocenters. The van der Waals surface area contributed by atoms with Gasteiger partial charge in [-0.1, -0.05) is 103 Å². The van der Waals surface area contributed by atoms with Crippen molar-refractivity contribution in [2.24, 2.45) is 0 Å². The molecule has 0 heterocycles. The molecule has 0 rings (SSSR count). The number of nitrogens with one attached hydrogen (secondary N) is 1. The summed E-state index contributed by atoms with van der Waals surface area (Å²) < 4.78 is 0. The van der Waals surface area contributed by atoms with E-state index >= 15 is 0 Å². The molecule has 0 aliphatic rings. The van der Waals surface area contributed by atoms with Crippen LogP contribution in [0.4, 0.5) is 0 Å². The molecule has 0 aliphatic heterocycles. The Morgan fingerprint density at radius 3 is 0.919 bits per heavy atom. The Kier molecular flexibility index (Phi) is 21.5. The molecule has 0 aromatic heterocycles. The summed E-state index contributed by atoms with van der Waals surface area (Å²) in [5, 5.41) is 0. The van der Waals surface area contributed by atoms with Crippen molar-refractivity contribution in [2.45, 2.75) is 117 Å². The van der Waals surface area contributed by atoms with E-state index in [0.29, 0.717) is 0 Å². The zero-order valence-corrected chi connectivity index (χ0v) is 33.2. The summed E-state index contributed by atoms with van der Waals surface area (Å²) in [6.45, 7) is 37.3. The van der Waals surface area contributed by atoms with Crippen molar-refractivity contribution in [3.63, 3.8) is 0 Å². The van der Waals surface area contributed by atoms with Gasteiger partial charge in [0, 0.05) is 28.9 Å². The quantitative estimate of drug-likeness (QED) is 0.243. The Morgan fingerprint density at radius 2 is 0.757 bits per heavy atom. The van der Waals surface area contributed by atoms with Crippen LogP contribution in [0.25, 0.3) is 9.96 Å². The largest absolute Gasteiger partial charge is 0.659 e. The van der Waals surface area contributed by atoms with Crippen LogP contribution in [0.2, 0.25) is 58.9 Å². The molecule has 0 atom stereocenters. The van der Waals surface area contributed by atoms with Crippen LogP contribution in [0.5, 0.6) is 0 Å². The molecule has 37 heavy (non-hydrogen) atoms. The third-order valence-electron chi connectivity index (χ3n) is 4.11. The smallest absolute Gasteiger partial charge is 0.116 e. The average Bonchev–Trinajstić information content (AvgIpc) is 2.33. The standard InChI is InChI=1S/C9H24N2Si.2C9H23N2Si.Co/c3*1-9(2,8-11(3)4)10-12(5,6)7;/h10H,8H2,1-7H3;2*8H2,1-7H3;/q;2*-1;. The van der Waals surface area contributed by atoms with Crippen molar-refractivity contribution in [1.29, 1.82) is 0 Å². The second-order valence-electron chi connectivity index (χ2n) is 16.2. The SMILES string of the molecule is CN(C)CC(C)(C)N[Si](C)(C)C.CN(C)CC(C)(C)[N-][Si](C)(C)C.CN(C)CC(C)(C)[N-][Si](C)(C)C.[Co]. The van der Waals surface area contributed by atoms with E-state index in [4.69, 9.17) is 9.96 Å². The van der Waals surface area contributed by atoms with Gasteiger partial charge in [0.2, 0.25) is 0 Å². The molecule has 10 heteroatoms. The van der Waals surface area contributed by atoms with Crippen molar-refractivity contribution < 1.29 is 16.8 Å². The fraction of sp³-hybridized carbons (Fsp3) is 1.00. The Morgan fingerprint density at radius 1 is 0.514 bits per heavy atom. The summed E-state index contributed by atoms with van der Waals surface area (Å²) in [5.74, 6) is 0. The number of hydrogen-bond acceptors (Lipinski definition) is 4. The normalized spacial score (nSPS) is 13.6. The van der Waals surface area contributed by atoms with Gasteiger partial charge in [0.1, 0.15) is 8.24 Å². The Bertz CT molecular complexity index is 495. The first-order valence-electron chi connectivity index (χ1n) is 13.6. The van der Waals surface area contributed by atoms with E-state index in [1.165, 1.54) is 0 Å².